The zero-order chi connectivity index (χ0) is 23.1. The number of hydrogen-bond acceptors (Lipinski definition) is 6. The molecule has 0 aliphatic heterocycles. The molecule has 8 heteroatoms. The molecule has 0 unspecified atom stereocenters. The molecule has 0 atom stereocenters. The Balaban J connectivity index is 1.67. The Morgan fingerprint density at radius 2 is 1.81 bits per heavy atom. The standard InChI is InChI=1S/C24H27N3O5/c1-5-27-16(3)23(24(29)31-6-2)20-13-19(11-12-21(20)27)32-15-22(28)26-25-14-17-7-9-18(30-4)10-8-17/h7-14H,5-6,15H2,1-4H3,(H,26,28)/b25-14-. The summed E-state index contributed by atoms with van der Waals surface area (Å²) in [6.07, 6.45) is 1.53. The maximum atomic E-state index is 12.5. The highest BCUT2D eigenvalue weighted by molar-refractivity contribution is 6.06. The van der Waals surface area contributed by atoms with Gasteiger partial charge in [0.15, 0.2) is 6.61 Å². The van der Waals surface area contributed by atoms with Crippen LogP contribution in [0.5, 0.6) is 11.5 Å². The lowest BCUT2D eigenvalue weighted by Crippen LogP contribution is -2.24. The Morgan fingerprint density at radius 3 is 2.47 bits per heavy atom. The zero-order valence-electron chi connectivity index (χ0n) is 18.7. The van der Waals surface area contributed by atoms with Gasteiger partial charge in [-0.25, -0.2) is 10.2 Å². The van der Waals surface area contributed by atoms with Gasteiger partial charge < -0.3 is 18.8 Å². The maximum Gasteiger partial charge on any atom is 0.340 e. The summed E-state index contributed by atoms with van der Waals surface area (Å²) in [6.45, 7) is 6.48. The highest BCUT2D eigenvalue weighted by Gasteiger charge is 2.21. The average molecular weight is 437 g/mol. The summed E-state index contributed by atoms with van der Waals surface area (Å²) < 4.78 is 18.0. The van der Waals surface area contributed by atoms with E-state index in [0.717, 1.165) is 34.5 Å². The van der Waals surface area contributed by atoms with Crippen molar-refractivity contribution in [2.75, 3.05) is 20.3 Å². The predicted octanol–water partition coefficient (Wildman–Crippen LogP) is 3.68. The van der Waals surface area contributed by atoms with Gasteiger partial charge in [-0.15, -0.1) is 0 Å². The molecule has 2 aromatic carbocycles. The lowest BCUT2D eigenvalue weighted by molar-refractivity contribution is -0.123. The number of hydrazone groups is 1. The number of amides is 1. The van der Waals surface area contributed by atoms with Crippen molar-refractivity contribution in [1.82, 2.24) is 9.99 Å². The summed E-state index contributed by atoms with van der Waals surface area (Å²) in [5.74, 6) is 0.450. The third kappa shape index (κ3) is 5.08. The number of fused-ring (bicyclic) bond motifs is 1. The molecule has 0 bridgehead atoms. The van der Waals surface area contributed by atoms with Crippen LogP contribution in [-0.4, -0.2) is 43.0 Å². The van der Waals surface area contributed by atoms with Gasteiger partial charge in [-0.2, -0.15) is 5.10 Å². The fraction of sp³-hybridized carbons (Fsp3) is 0.292. The smallest absolute Gasteiger partial charge is 0.340 e. The van der Waals surface area contributed by atoms with Crippen LogP contribution in [-0.2, 0) is 16.1 Å². The lowest BCUT2D eigenvalue weighted by atomic mass is 10.1. The number of aromatic nitrogens is 1. The molecule has 168 valence electrons. The van der Waals surface area contributed by atoms with E-state index < -0.39 is 5.91 Å². The van der Waals surface area contributed by atoms with Crippen LogP contribution in [0, 0.1) is 6.92 Å². The Labute approximate surface area is 186 Å². The molecule has 0 fully saturated rings. The number of methoxy groups -OCH3 is 1. The minimum atomic E-state index is -0.400. The van der Waals surface area contributed by atoms with Crippen LogP contribution in [0.15, 0.2) is 47.6 Å². The molecule has 1 N–H and O–H groups in total. The summed E-state index contributed by atoms with van der Waals surface area (Å²) in [4.78, 5) is 24.6. The minimum absolute atomic E-state index is 0.215. The number of benzene rings is 2. The first-order valence-electron chi connectivity index (χ1n) is 10.4. The molecule has 0 aliphatic rings. The largest absolute Gasteiger partial charge is 0.497 e. The number of nitrogens with zero attached hydrogens (tertiary/aromatic N) is 2. The number of esters is 1. The highest BCUT2D eigenvalue weighted by Crippen LogP contribution is 2.30. The van der Waals surface area contributed by atoms with Crippen molar-refractivity contribution < 1.29 is 23.8 Å². The number of hydrogen-bond donors (Lipinski definition) is 1. The van der Waals surface area contributed by atoms with Crippen molar-refractivity contribution in [3.8, 4) is 11.5 Å². The van der Waals surface area contributed by atoms with Crippen LogP contribution in [0.2, 0.25) is 0 Å². The summed E-state index contributed by atoms with van der Waals surface area (Å²) in [5.41, 5.74) is 5.52. The van der Waals surface area contributed by atoms with Crippen LogP contribution < -0.4 is 14.9 Å². The highest BCUT2D eigenvalue weighted by atomic mass is 16.5. The molecule has 1 amide bonds. The minimum Gasteiger partial charge on any atom is -0.497 e. The van der Waals surface area contributed by atoms with E-state index in [0.29, 0.717) is 17.9 Å². The Morgan fingerprint density at radius 1 is 1.09 bits per heavy atom. The summed E-state index contributed by atoms with van der Waals surface area (Å²) in [6, 6.07) is 12.7. The van der Waals surface area contributed by atoms with Gasteiger partial charge in [0.25, 0.3) is 5.91 Å². The Bertz CT molecular complexity index is 1130. The van der Waals surface area contributed by atoms with Gasteiger partial charge in [-0.3, -0.25) is 4.79 Å². The molecule has 0 radical (unpaired) electrons. The molecule has 3 rings (SSSR count). The molecule has 8 nitrogen and oxygen atoms in total. The van der Waals surface area contributed by atoms with Gasteiger partial charge in [0, 0.05) is 23.1 Å². The van der Waals surface area contributed by atoms with Crippen LogP contribution in [0.4, 0.5) is 0 Å². The predicted molar refractivity (Wildman–Crippen MR) is 123 cm³/mol. The van der Waals surface area contributed by atoms with Crippen molar-refractivity contribution in [2.45, 2.75) is 27.3 Å². The van der Waals surface area contributed by atoms with Crippen LogP contribution in [0.25, 0.3) is 10.9 Å². The van der Waals surface area contributed by atoms with Crippen molar-refractivity contribution in [1.29, 1.82) is 0 Å². The maximum absolute atomic E-state index is 12.5. The number of ether oxygens (including phenoxy) is 3. The molecule has 0 saturated heterocycles. The molecule has 0 saturated carbocycles. The molecular formula is C24H27N3O5. The van der Waals surface area contributed by atoms with E-state index in [-0.39, 0.29) is 12.6 Å². The SMILES string of the molecule is CCOC(=O)c1c(C)n(CC)c2ccc(OCC(=O)N/N=C\c3ccc(OC)cc3)cc12. The third-order valence-corrected chi connectivity index (χ3v) is 4.98. The zero-order valence-corrected chi connectivity index (χ0v) is 18.7. The fourth-order valence-corrected chi connectivity index (χ4v) is 3.47. The Kier molecular flexibility index (Phi) is 7.49. The molecule has 1 aromatic heterocycles. The topological polar surface area (TPSA) is 91.2 Å². The summed E-state index contributed by atoms with van der Waals surface area (Å²) in [7, 11) is 1.60. The third-order valence-electron chi connectivity index (χ3n) is 4.98. The number of aryl methyl sites for hydroxylation is 1. The lowest BCUT2D eigenvalue weighted by Gasteiger charge is -2.07. The van der Waals surface area contributed by atoms with Gasteiger partial charge in [0.1, 0.15) is 11.5 Å². The summed E-state index contributed by atoms with van der Waals surface area (Å²) >= 11 is 0. The Hall–Kier alpha value is -3.81. The first-order chi connectivity index (χ1) is 15.5. The fourth-order valence-electron chi connectivity index (χ4n) is 3.47. The van der Waals surface area contributed by atoms with Crippen LogP contribution in [0.3, 0.4) is 0 Å². The van der Waals surface area contributed by atoms with E-state index in [4.69, 9.17) is 14.2 Å². The number of nitrogens with one attached hydrogen (secondary N) is 1. The van der Waals surface area contributed by atoms with Gasteiger partial charge in [0.05, 0.1) is 25.5 Å². The van der Waals surface area contributed by atoms with E-state index in [2.05, 4.69) is 10.5 Å². The monoisotopic (exact) mass is 437 g/mol. The summed E-state index contributed by atoms with van der Waals surface area (Å²) in [5, 5.41) is 4.67. The normalized spacial score (nSPS) is 11.0. The molecule has 3 aromatic rings. The molecule has 0 spiro atoms. The number of carbonyl (C=O) groups excluding carboxylic acids is 2. The second-order valence-corrected chi connectivity index (χ2v) is 6.96. The van der Waals surface area contributed by atoms with E-state index in [1.165, 1.54) is 6.21 Å². The second kappa shape index (κ2) is 10.5. The first kappa shape index (κ1) is 22.9. The second-order valence-electron chi connectivity index (χ2n) is 6.96. The number of rotatable bonds is 9. The van der Waals surface area contributed by atoms with Crippen LogP contribution in [0.1, 0.15) is 35.5 Å². The first-order valence-corrected chi connectivity index (χ1v) is 10.4. The van der Waals surface area contributed by atoms with Crippen LogP contribution >= 0.6 is 0 Å². The number of carbonyl (C=O) groups is 2. The molecular weight excluding hydrogens is 410 g/mol. The molecule has 0 aliphatic carbocycles. The van der Waals surface area contributed by atoms with E-state index in [1.54, 1.807) is 38.3 Å². The molecule has 1 heterocycles. The van der Waals surface area contributed by atoms with Crippen molar-refractivity contribution in [3.05, 3.63) is 59.3 Å². The quantitative estimate of drug-likeness (QED) is 0.313. The van der Waals surface area contributed by atoms with Gasteiger partial charge >= 0.3 is 5.97 Å². The van der Waals surface area contributed by atoms with E-state index >= 15 is 0 Å². The van der Waals surface area contributed by atoms with Gasteiger partial charge in [-0.05, 0) is 68.8 Å². The molecule has 32 heavy (non-hydrogen) atoms. The van der Waals surface area contributed by atoms with Crippen molar-refractivity contribution in [3.63, 3.8) is 0 Å². The van der Waals surface area contributed by atoms with Gasteiger partial charge in [-0.1, -0.05) is 0 Å². The van der Waals surface area contributed by atoms with Crippen molar-refractivity contribution in [2.24, 2.45) is 5.10 Å². The van der Waals surface area contributed by atoms with E-state index in [1.807, 2.05) is 36.6 Å². The van der Waals surface area contributed by atoms with Crippen molar-refractivity contribution >= 4 is 29.0 Å². The van der Waals surface area contributed by atoms with Gasteiger partial charge in [0.2, 0.25) is 0 Å². The average Bonchev–Trinajstić information content (AvgIpc) is 3.08. The van der Waals surface area contributed by atoms with E-state index in [9.17, 15) is 9.59 Å².